The highest BCUT2D eigenvalue weighted by Gasteiger charge is 2.24. The van der Waals surface area contributed by atoms with Crippen LogP contribution in [0.15, 0.2) is 12.1 Å². The fraction of sp³-hybridized carbons (Fsp3) is 0.533. The van der Waals surface area contributed by atoms with Gasteiger partial charge in [-0.2, -0.15) is 0 Å². The van der Waals surface area contributed by atoms with E-state index in [0.717, 1.165) is 31.5 Å². The van der Waals surface area contributed by atoms with E-state index in [1.54, 1.807) is 12.1 Å². The minimum Gasteiger partial charge on any atom is -0.494 e. The molecule has 1 heterocycles. The fourth-order valence-corrected chi connectivity index (χ4v) is 2.87. The normalized spacial score (nSPS) is 16.3. The predicted octanol–water partition coefficient (Wildman–Crippen LogP) is 3.60. The number of halogens is 2. The van der Waals surface area contributed by atoms with Crippen molar-refractivity contribution >= 4 is 17.5 Å². The second-order valence-electron chi connectivity index (χ2n) is 5.03. The summed E-state index contributed by atoms with van der Waals surface area (Å²) in [4.78, 5) is 13.5. The van der Waals surface area contributed by atoms with Crippen LogP contribution in [0.5, 0.6) is 5.75 Å². The molecule has 0 aliphatic carbocycles. The minimum atomic E-state index is -0.517. The van der Waals surface area contributed by atoms with E-state index in [4.69, 9.17) is 16.3 Å². The maximum absolute atomic E-state index is 13.7. The Morgan fingerprint density at radius 1 is 1.45 bits per heavy atom. The zero-order valence-electron chi connectivity index (χ0n) is 11.8. The largest absolute Gasteiger partial charge is 0.494 e. The molecule has 1 aromatic carbocycles. The van der Waals surface area contributed by atoms with Crippen LogP contribution in [0.4, 0.5) is 4.39 Å². The first-order valence-corrected chi connectivity index (χ1v) is 7.25. The summed E-state index contributed by atoms with van der Waals surface area (Å²) in [6.45, 7) is 3.36. The molecule has 1 fully saturated rings. The maximum atomic E-state index is 13.7. The molecule has 0 N–H and O–H groups in total. The molecule has 0 bridgehead atoms. The van der Waals surface area contributed by atoms with Crippen LogP contribution in [0.25, 0.3) is 0 Å². The highest BCUT2D eigenvalue weighted by molar-refractivity contribution is 6.31. The molecular formula is C15H19ClFNO2. The second kappa shape index (κ2) is 6.44. The molecule has 1 saturated heterocycles. The highest BCUT2D eigenvalue weighted by atomic mass is 35.5. The standard InChI is InChI=1S/C15H19ClFNO2/c1-3-14(19)18-6-4-10(5-7-18)11-8-12(16)15(17)13(9-11)20-2/h8-10H,3-7H2,1-2H3. The number of benzene rings is 1. The Kier molecular flexibility index (Phi) is 4.86. The van der Waals surface area contributed by atoms with E-state index in [0.29, 0.717) is 12.3 Å². The molecule has 1 aliphatic rings. The van der Waals surface area contributed by atoms with Crippen molar-refractivity contribution in [1.29, 1.82) is 0 Å². The van der Waals surface area contributed by atoms with Crippen molar-refractivity contribution < 1.29 is 13.9 Å². The average Bonchev–Trinajstić information content (AvgIpc) is 2.49. The molecule has 1 aromatic rings. The third kappa shape index (κ3) is 3.06. The Morgan fingerprint density at radius 3 is 2.65 bits per heavy atom. The highest BCUT2D eigenvalue weighted by Crippen LogP contribution is 2.34. The lowest BCUT2D eigenvalue weighted by molar-refractivity contribution is -0.131. The van der Waals surface area contributed by atoms with Crippen molar-refractivity contribution in [3.8, 4) is 5.75 Å². The summed E-state index contributed by atoms with van der Waals surface area (Å²) >= 11 is 5.90. The molecule has 0 aromatic heterocycles. The summed E-state index contributed by atoms with van der Waals surface area (Å²) < 4.78 is 18.7. The molecule has 0 saturated carbocycles. The van der Waals surface area contributed by atoms with Crippen molar-refractivity contribution in [2.24, 2.45) is 0 Å². The molecule has 20 heavy (non-hydrogen) atoms. The zero-order valence-corrected chi connectivity index (χ0v) is 12.5. The Morgan fingerprint density at radius 2 is 2.10 bits per heavy atom. The number of amides is 1. The third-order valence-corrected chi connectivity index (χ3v) is 4.13. The van der Waals surface area contributed by atoms with E-state index >= 15 is 0 Å². The van der Waals surface area contributed by atoms with Crippen LogP contribution in [0, 0.1) is 5.82 Å². The van der Waals surface area contributed by atoms with Gasteiger partial charge in [-0.25, -0.2) is 4.39 Å². The van der Waals surface area contributed by atoms with E-state index in [1.807, 2.05) is 11.8 Å². The van der Waals surface area contributed by atoms with Crippen LogP contribution in [-0.2, 0) is 4.79 Å². The first kappa shape index (κ1) is 15.1. The van der Waals surface area contributed by atoms with Gasteiger partial charge in [-0.3, -0.25) is 4.79 Å². The summed E-state index contributed by atoms with van der Waals surface area (Å²) in [5.74, 6) is 0.150. The Bertz CT molecular complexity index is 499. The monoisotopic (exact) mass is 299 g/mol. The van der Waals surface area contributed by atoms with E-state index < -0.39 is 5.82 Å². The summed E-state index contributed by atoms with van der Waals surface area (Å²) in [5.41, 5.74) is 0.983. The van der Waals surface area contributed by atoms with Gasteiger partial charge < -0.3 is 9.64 Å². The number of nitrogens with zero attached hydrogens (tertiary/aromatic N) is 1. The van der Waals surface area contributed by atoms with Crippen LogP contribution in [0.1, 0.15) is 37.7 Å². The molecule has 0 spiro atoms. The topological polar surface area (TPSA) is 29.5 Å². The number of piperidine rings is 1. The number of hydrogen-bond donors (Lipinski definition) is 0. The van der Waals surface area contributed by atoms with E-state index in [2.05, 4.69) is 0 Å². The van der Waals surface area contributed by atoms with Crippen LogP contribution in [0.3, 0.4) is 0 Å². The number of carbonyl (C=O) groups is 1. The molecule has 1 amide bonds. The smallest absolute Gasteiger partial charge is 0.222 e. The molecule has 0 radical (unpaired) electrons. The lowest BCUT2D eigenvalue weighted by atomic mass is 9.89. The molecule has 1 aliphatic heterocycles. The quantitative estimate of drug-likeness (QED) is 0.853. The van der Waals surface area contributed by atoms with Crippen molar-refractivity contribution in [3.63, 3.8) is 0 Å². The molecule has 0 unspecified atom stereocenters. The molecule has 0 atom stereocenters. The predicted molar refractivity (Wildman–Crippen MR) is 76.8 cm³/mol. The SMILES string of the molecule is CCC(=O)N1CCC(c2cc(Cl)c(F)c(OC)c2)CC1. The van der Waals surface area contributed by atoms with Gasteiger partial charge in [0.2, 0.25) is 5.91 Å². The average molecular weight is 300 g/mol. The van der Waals surface area contributed by atoms with Gasteiger partial charge in [0.25, 0.3) is 0 Å². The van der Waals surface area contributed by atoms with Crippen LogP contribution < -0.4 is 4.74 Å². The van der Waals surface area contributed by atoms with E-state index in [-0.39, 0.29) is 16.7 Å². The molecule has 2 rings (SSSR count). The lowest BCUT2D eigenvalue weighted by Gasteiger charge is -2.32. The van der Waals surface area contributed by atoms with Gasteiger partial charge in [-0.1, -0.05) is 18.5 Å². The van der Waals surface area contributed by atoms with Gasteiger partial charge in [0.15, 0.2) is 11.6 Å². The van der Waals surface area contributed by atoms with Gasteiger partial charge >= 0.3 is 0 Å². The second-order valence-corrected chi connectivity index (χ2v) is 5.43. The van der Waals surface area contributed by atoms with Gasteiger partial charge in [0.05, 0.1) is 12.1 Å². The molecule has 3 nitrogen and oxygen atoms in total. The minimum absolute atomic E-state index is 0.0893. The molecule has 110 valence electrons. The van der Waals surface area contributed by atoms with Crippen molar-refractivity contribution in [2.45, 2.75) is 32.1 Å². The number of likely N-dealkylation sites (tertiary alicyclic amines) is 1. The van der Waals surface area contributed by atoms with E-state index in [9.17, 15) is 9.18 Å². The van der Waals surface area contributed by atoms with Crippen molar-refractivity contribution in [2.75, 3.05) is 20.2 Å². The van der Waals surface area contributed by atoms with Crippen LogP contribution in [0.2, 0.25) is 5.02 Å². The Balaban J connectivity index is 2.11. The summed E-state index contributed by atoms with van der Waals surface area (Å²) in [6.07, 6.45) is 2.29. The summed E-state index contributed by atoms with van der Waals surface area (Å²) in [5, 5.41) is 0.0893. The zero-order chi connectivity index (χ0) is 14.7. The van der Waals surface area contributed by atoms with Crippen LogP contribution in [-0.4, -0.2) is 31.0 Å². The van der Waals surface area contributed by atoms with Gasteiger partial charge in [-0.15, -0.1) is 0 Å². The number of carbonyl (C=O) groups excluding carboxylic acids is 1. The maximum Gasteiger partial charge on any atom is 0.222 e. The fourth-order valence-electron chi connectivity index (χ4n) is 2.65. The van der Waals surface area contributed by atoms with Gasteiger partial charge in [0.1, 0.15) is 0 Å². The first-order valence-electron chi connectivity index (χ1n) is 6.87. The van der Waals surface area contributed by atoms with E-state index in [1.165, 1.54) is 7.11 Å². The summed E-state index contributed by atoms with van der Waals surface area (Å²) in [7, 11) is 1.43. The van der Waals surface area contributed by atoms with Crippen molar-refractivity contribution in [1.82, 2.24) is 4.90 Å². The molecule has 5 heteroatoms. The first-order chi connectivity index (χ1) is 9.56. The van der Waals surface area contributed by atoms with Gasteiger partial charge in [0, 0.05) is 19.5 Å². The number of ether oxygens (including phenoxy) is 1. The molecular weight excluding hydrogens is 281 g/mol. The number of methoxy groups -OCH3 is 1. The van der Waals surface area contributed by atoms with Crippen LogP contribution >= 0.6 is 11.6 Å². The van der Waals surface area contributed by atoms with Crippen molar-refractivity contribution in [3.05, 3.63) is 28.5 Å². The third-order valence-electron chi connectivity index (χ3n) is 3.86. The Labute approximate surface area is 123 Å². The Hall–Kier alpha value is -1.29. The lowest BCUT2D eigenvalue weighted by Crippen LogP contribution is -2.37. The number of hydrogen-bond acceptors (Lipinski definition) is 2. The summed E-state index contributed by atoms with van der Waals surface area (Å²) in [6, 6.07) is 3.38. The van der Waals surface area contributed by atoms with Gasteiger partial charge in [-0.05, 0) is 36.5 Å². The number of rotatable bonds is 3.